The number of phosphoric ester groups is 1. The number of hydrogen-bond donors (Lipinski definition) is 3. The Labute approximate surface area is 426 Å². The molecule has 9 heteroatoms. The number of carbonyl (C=O) groups excluding carboxylic acids is 1. The van der Waals surface area contributed by atoms with Crippen LogP contribution in [-0.2, 0) is 18.4 Å². The minimum Gasteiger partial charge on any atom is -0.387 e. The molecule has 1 amide bonds. The fourth-order valence-electron chi connectivity index (χ4n) is 7.93. The van der Waals surface area contributed by atoms with Gasteiger partial charge < -0.3 is 19.8 Å². The monoisotopic (exact) mass is 986 g/mol. The summed E-state index contributed by atoms with van der Waals surface area (Å²) >= 11 is 0. The van der Waals surface area contributed by atoms with Gasteiger partial charge in [-0.3, -0.25) is 13.8 Å². The fourth-order valence-corrected chi connectivity index (χ4v) is 8.66. The van der Waals surface area contributed by atoms with Crippen LogP contribution in [0.1, 0.15) is 239 Å². The van der Waals surface area contributed by atoms with Crippen LogP contribution in [0.3, 0.4) is 0 Å². The molecule has 69 heavy (non-hydrogen) atoms. The predicted molar refractivity (Wildman–Crippen MR) is 299 cm³/mol. The number of unbranched alkanes of at least 4 members (excludes halogenated alkanes) is 26. The van der Waals surface area contributed by atoms with E-state index in [1.165, 1.54) is 141 Å². The van der Waals surface area contributed by atoms with Crippen LogP contribution >= 0.6 is 7.82 Å². The lowest BCUT2D eigenvalue weighted by Gasteiger charge is -2.25. The summed E-state index contributed by atoms with van der Waals surface area (Å²) in [5, 5.41) is 13.8. The molecule has 0 saturated heterocycles. The summed E-state index contributed by atoms with van der Waals surface area (Å²) in [5.41, 5.74) is 0. The number of nitrogens with zero attached hydrogens (tertiary/aromatic N) is 1. The molecule has 0 aromatic rings. The Kier molecular flexibility index (Phi) is 48.9. The molecule has 3 unspecified atom stereocenters. The number of allylic oxidation sites excluding steroid dienone is 13. The van der Waals surface area contributed by atoms with Gasteiger partial charge >= 0.3 is 7.82 Å². The van der Waals surface area contributed by atoms with Crippen molar-refractivity contribution >= 4 is 13.7 Å². The van der Waals surface area contributed by atoms with E-state index in [4.69, 9.17) is 9.05 Å². The number of carbonyl (C=O) groups is 1. The lowest BCUT2D eigenvalue weighted by Crippen LogP contribution is -2.45. The normalized spacial score (nSPS) is 14.6. The summed E-state index contributed by atoms with van der Waals surface area (Å²) in [7, 11) is 1.57. The molecular formula is C60H110N2O6P+. The van der Waals surface area contributed by atoms with Crippen molar-refractivity contribution in [1.29, 1.82) is 0 Å². The number of phosphoric acid groups is 1. The van der Waals surface area contributed by atoms with E-state index in [-0.39, 0.29) is 19.1 Å². The maximum atomic E-state index is 12.9. The zero-order valence-corrected chi connectivity index (χ0v) is 46.4. The van der Waals surface area contributed by atoms with Gasteiger partial charge in [-0.15, -0.1) is 0 Å². The minimum absolute atomic E-state index is 0.0601. The second-order valence-electron chi connectivity index (χ2n) is 20.3. The van der Waals surface area contributed by atoms with Gasteiger partial charge in [0.2, 0.25) is 5.91 Å². The molecule has 0 rings (SSSR count). The number of aliphatic hydroxyl groups excluding tert-OH is 1. The predicted octanol–water partition coefficient (Wildman–Crippen LogP) is 17.3. The lowest BCUT2D eigenvalue weighted by atomic mass is 10.0. The molecule has 3 N–H and O–H groups in total. The first kappa shape index (κ1) is 66.7. The fraction of sp³-hybridized carbons (Fsp3) is 0.750. The van der Waals surface area contributed by atoms with Gasteiger partial charge in [0.05, 0.1) is 39.9 Å². The van der Waals surface area contributed by atoms with Gasteiger partial charge in [0, 0.05) is 6.42 Å². The molecular weight excluding hydrogens is 876 g/mol. The Balaban J connectivity index is 3.84. The summed E-state index contributed by atoms with van der Waals surface area (Å²) < 4.78 is 23.5. The van der Waals surface area contributed by atoms with Crippen LogP contribution in [0.4, 0.5) is 0 Å². The molecule has 0 aromatic heterocycles. The molecule has 0 aromatic carbocycles. The van der Waals surface area contributed by atoms with Gasteiger partial charge in [-0.05, 0) is 70.6 Å². The zero-order chi connectivity index (χ0) is 50.6. The number of likely N-dealkylation sites (N-methyl/N-ethyl adjacent to an activating group) is 1. The molecule has 0 heterocycles. The van der Waals surface area contributed by atoms with Crippen molar-refractivity contribution in [3.8, 4) is 0 Å². The van der Waals surface area contributed by atoms with E-state index >= 15 is 0 Å². The number of aliphatic hydroxyl groups is 1. The van der Waals surface area contributed by atoms with Crippen molar-refractivity contribution in [2.45, 2.75) is 251 Å². The van der Waals surface area contributed by atoms with Crippen LogP contribution in [0.2, 0.25) is 0 Å². The summed E-state index contributed by atoms with van der Waals surface area (Å²) in [6.07, 6.45) is 71.5. The third kappa shape index (κ3) is 53.3. The molecule has 3 atom stereocenters. The van der Waals surface area contributed by atoms with Crippen molar-refractivity contribution in [3.05, 3.63) is 85.1 Å². The number of hydrogen-bond acceptors (Lipinski definition) is 5. The van der Waals surface area contributed by atoms with E-state index in [0.717, 1.165) is 77.0 Å². The highest BCUT2D eigenvalue weighted by Crippen LogP contribution is 2.43. The topological polar surface area (TPSA) is 105 Å². The SMILES string of the molecule is CC/C=C\C/C=C\C/C=C\C/C=C\C/C=C\C/C=C\CCCCCCCCCCCCCCCCCCCCCCC(=O)NC(COP(=O)(O)OCC[N+](C)(C)C)C(O)/C=C/CCCCCCCC. The molecule has 400 valence electrons. The molecule has 0 radical (unpaired) electrons. The standard InChI is InChI=1S/C60H109N2O6P/c1-6-8-10-12-14-16-17-18-19-20-21-22-23-24-25-26-27-28-29-30-31-32-33-34-35-36-37-38-39-40-41-42-43-44-45-46-48-50-52-54-60(64)61-58(57-68-69(65,66)67-56-55-62(3,4)5)59(63)53-51-49-47-15-13-11-9-7-2/h8,10,14,16,18-19,21-22,24-25,27-28,51,53,58-59,63H,6-7,9,11-13,15,17,20,23,26,29-50,52,54-57H2,1-5H3,(H-,61,64,65,66)/p+1/b10-8-,16-14-,19-18-,22-21-,25-24-,28-27-,53-51+. The van der Waals surface area contributed by atoms with Crippen LogP contribution in [-0.4, -0.2) is 73.4 Å². The van der Waals surface area contributed by atoms with Crippen molar-refractivity contribution in [2.24, 2.45) is 0 Å². The molecule has 8 nitrogen and oxygen atoms in total. The molecule has 0 aliphatic rings. The molecule has 0 aliphatic carbocycles. The van der Waals surface area contributed by atoms with E-state index < -0.39 is 20.0 Å². The minimum atomic E-state index is -4.33. The maximum absolute atomic E-state index is 12.9. The second-order valence-corrected chi connectivity index (χ2v) is 21.7. The summed E-state index contributed by atoms with van der Waals surface area (Å²) in [6.45, 7) is 4.65. The van der Waals surface area contributed by atoms with E-state index in [9.17, 15) is 19.4 Å². The summed E-state index contributed by atoms with van der Waals surface area (Å²) in [4.78, 5) is 23.1. The van der Waals surface area contributed by atoms with Gasteiger partial charge in [0.25, 0.3) is 0 Å². The van der Waals surface area contributed by atoms with Gasteiger partial charge in [-0.1, -0.05) is 247 Å². The van der Waals surface area contributed by atoms with Crippen LogP contribution in [0.25, 0.3) is 0 Å². The molecule has 0 spiro atoms. The number of rotatable bonds is 51. The molecule has 0 fully saturated rings. The van der Waals surface area contributed by atoms with Crippen LogP contribution in [0.15, 0.2) is 85.1 Å². The first-order valence-electron chi connectivity index (χ1n) is 28.5. The van der Waals surface area contributed by atoms with E-state index in [2.05, 4.69) is 92.1 Å². The van der Waals surface area contributed by atoms with Crippen LogP contribution in [0, 0.1) is 0 Å². The molecule has 0 saturated carbocycles. The van der Waals surface area contributed by atoms with E-state index in [1.54, 1.807) is 6.08 Å². The second kappa shape index (κ2) is 50.6. The first-order chi connectivity index (χ1) is 33.5. The van der Waals surface area contributed by atoms with Crippen molar-refractivity contribution < 1.29 is 32.9 Å². The molecule has 0 bridgehead atoms. The van der Waals surface area contributed by atoms with Crippen molar-refractivity contribution in [2.75, 3.05) is 40.9 Å². The Hall–Kier alpha value is -2.32. The van der Waals surface area contributed by atoms with Gasteiger partial charge in [-0.2, -0.15) is 0 Å². The van der Waals surface area contributed by atoms with Crippen molar-refractivity contribution in [3.63, 3.8) is 0 Å². The summed E-state index contributed by atoms with van der Waals surface area (Å²) in [6, 6.07) is -0.845. The Morgan fingerprint density at radius 2 is 0.870 bits per heavy atom. The quantitative estimate of drug-likeness (QED) is 0.0243. The smallest absolute Gasteiger partial charge is 0.387 e. The number of nitrogens with one attached hydrogen (secondary N) is 1. The Bertz CT molecular complexity index is 1400. The highest BCUT2D eigenvalue weighted by atomic mass is 31.2. The Morgan fingerprint density at radius 1 is 0.507 bits per heavy atom. The summed E-state index contributed by atoms with van der Waals surface area (Å²) in [5.74, 6) is -0.180. The Morgan fingerprint density at radius 3 is 1.28 bits per heavy atom. The van der Waals surface area contributed by atoms with Crippen molar-refractivity contribution in [1.82, 2.24) is 5.32 Å². The van der Waals surface area contributed by atoms with E-state index in [0.29, 0.717) is 17.4 Å². The van der Waals surface area contributed by atoms with Crippen LogP contribution < -0.4 is 5.32 Å². The number of amides is 1. The van der Waals surface area contributed by atoms with Crippen LogP contribution in [0.5, 0.6) is 0 Å². The molecule has 0 aliphatic heterocycles. The maximum Gasteiger partial charge on any atom is 0.472 e. The highest BCUT2D eigenvalue weighted by Gasteiger charge is 2.27. The number of quaternary nitrogens is 1. The average molecular weight is 987 g/mol. The first-order valence-corrected chi connectivity index (χ1v) is 30.0. The zero-order valence-electron chi connectivity index (χ0n) is 45.5. The van der Waals surface area contributed by atoms with E-state index in [1.807, 2.05) is 27.2 Å². The van der Waals surface area contributed by atoms with Gasteiger partial charge in [-0.25, -0.2) is 4.57 Å². The van der Waals surface area contributed by atoms with Gasteiger partial charge in [0.15, 0.2) is 0 Å². The average Bonchev–Trinajstić information content (AvgIpc) is 3.31. The third-order valence-electron chi connectivity index (χ3n) is 12.4. The lowest BCUT2D eigenvalue weighted by molar-refractivity contribution is -0.870. The largest absolute Gasteiger partial charge is 0.472 e. The third-order valence-corrected chi connectivity index (χ3v) is 13.4. The highest BCUT2D eigenvalue weighted by molar-refractivity contribution is 7.47. The van der Waals surface area contributed by atoms with Gasteiger partial charge in [0.1, 0.15) is 13.2 Å².